The van der Waals surface area contributed by atoms with Gasteiger partial charge in [-0.25, -0.2) is 14.0 Å². The van der Waals surface area contributed by atoms with E-state index in [-0.39, 0.29) is 24.1 Å². The van der Waals surface area contributed by atoms with Gasteiger partial charge in [0.15, 0.2) is 0 Å². The highest BCUT2D eigenvalue weighted by atomic mass is 19.1. The van der Waals surface area contributed by atoms with Gasteiger partial charge in [0, 0.05) is 5.69 Å². The summed E-state index contributed by atoms with van der Waals surface area (Å²) in [5, 5.41) is 22.7. The first kappa shape index (κ1) is 16.4. The highest BCUT2D eigenvalue weighted by Crippen LogP contribution is 2.17. The number of nitrogens with one attached hydrogen (secondary N) is 2. The van der Waals surface area contributed by atoms with Gasteiger partial charge in [-0.3, -0.25) is 0 Å². The quantitative estimate of drug-likeness (QED) is 0.776. The molecule has 0 spiro atoms. The van der Waals surface area contributed by atoms with Crippen molar-refractivity contribution >= 4 is 17.7 Å². The number of carbonyl (C=O) groups is 2. The minimum absolute atomic E-state index is 0.0563. The zero-order valence-electron chi connectivity index (χ0n) is 11.7. The van der Waals surface area contributed by atoms with Crippen molar-refractivity contribution in [1.29, 1.82) is 5.26 Å². The first-order chi connectivity index (χ1) is 9.86. The molecule has 0 saturated carbocycles. The fourth-order valence-electron chi connectivity index (χ4n) is 1.89. The van der Waals surface area contributed by atoms with E-state index in [4.69, 9.17) is 5.26 Å². The number of benzene rings is 1. The molecule has 6 nitrogen and oxygen atoms in total. The monoisotopic (exact) mass is 293 g/mol. The molecular weight excluding hydrogens is 277 g/mol. The number of anilines is 1. The molecule has 0 heterocycles. The molecule has 7 heteroatoms. The predicted octanol–water partition coefficient (Wildman–Crippen LogP) is 2.46. The Kier molecular flexibility index (Phi) is 5.24. The first-order valence-corrected chi connectivity index (χ1v) is 6.40. The third kappa shape index (κ3) is 3.92. The van der Waals surface area contributed by atoms with E-state index in [1.54, 1.807) is 19.9 Å². The van der Waals surface area contributed by atoms with Crippen LogP contribution in [-0.4, -0.2) is 22.6 Å². The van der Waals surface area contributed by atoms with Crippen LogP contribution in [0.25, 0.3) is 0 Å². The maximum atomic E-state index is 13.2. The first-order valence-electron chi connectivity index (χ1n) is 6.40. The number of hydrogen-bond acceptors (Lipinski definition) is 3. The van der Waals surface area contributed by atoms with Gasteiger partial charge in [0.25, 0.3) is 0 Å². The third-order valence-corrected chi connectivity index (χ3v) is 3.25. The SMILES string of the molecule is CCC(CC)(NC(=O)Nc1cc(F)cc(C#N)c1)C(=O)O. The molecule has 0 aliphatic heterocycles. The Balaban J connectivity index is 2.89. The van der Waals surface area contributed by atoms with E-state index in [0.717, 1.165) is 12.1 Å². The van der Waals surface area contributed by atoms with Crippen LogP contribution in [0.3, 0.4) is 0 Å². The Morgan fingerprint density at radius 2 is 1.95 bits per heavy atom. The number of aliphatic carboxylic acids is 1. The van der Waals surface area contributed by atoms with Crippen molar-refractivity contribution in [3.05, 3.63) is 29.6 Å². The molecule has 0 bridgehead atoms. The van der Waals surface area contributed by atoms with Gasteiger partial charge < -0.3 is 15.7 Å². The third-order valence-electron chi connectivity index (χ3n) is 3.25. The summed E-state index contributed by atoms with van der Waals surface area (Å²) < 4.78 is 13.2. The number of urea groups is 1. The number of nitrogens with zero attached hydrogens (tertiary/aromatic N) is 1. The number of amides is 2. The predicted molar refractivity (Wildman–Crippen MR) is 74.2 cm³/mol. The van der Waals surface area contributed by atoms with E-state index in [9.17, 15) is 19.1 Å². The highest BCUT2D eigenvalue weighted by Gasteiger charge is 2.36. The second-order valence-electron chi connectivity index (χ2n) is 4.51. The molecule has 0 fully saturated rings. The summed E-state index contributed by atoms with van der Waals surface area (Å²) in [6, 6.07) is 4.36. The lowest BCUT2D eigenvalue weighted by Crippen LogP contribution is -2.54. The summed E-state index contributed by atoms with van der Waals surface area (Å²) >= 11 is 0. The van der Waals surface area contributed by atoms with Crippen LogP contribution in [0.4, 0.5) is 14.9 Å². The van der Waals surface area contributed by atoms with Crippen molar-refractivity contribution in [2.24, 2.45) is 0 Å². The lowest BCUT2D eigenvalue weighted by atomic mass is 9.93. The van der Waals surface area contributed by atoms with E-state index in [1.807, 2.05) is 0 Å². The molecule has 0 atom stereocenters. The molecule has 0 aliphatic carbocycles. The van der Waals surface area contributed by atoms with E-state index >= 15 is 0 Å². The van der Waals surface area contributed by atoms with Crippen LogP contribution in [0, 0.1) is 17.1 Å². The summed E-state index contributed by atoms with van der Waals surface area (Å²) in [7, 11) is 0. The fraction of sp³-hybridized carbons (Fsp3) is 0.357. The van der Waals surface area contributed by atoms with Crippen LogP contribution in [-0.2, 0) is 4.79 Å². The van der Waals surface area contributed by atoms with Gasteiger partial charge in [-0.1, -0.05) is 13.8 Å². The second-order valence-corrected chi connectivity index (χ2v) is 4.51. The van der Waals surface area contributed by atoms with E-state index in [1.165, 1.54) is 6.07 Å². The van der Waals surface area contributed by atoms with Crippen molar-refractivity contribution in [3.8, 4) is 6.07 Å². The van der Waals surface area contributed by atoms with E-state index < -0.39 is 23.4 Å². The molecule has 1 aromatic rings. The van der Waals surface area contributed by atoms with Gasteiger partial charge in [-0.2, -0.15) is 5.26 Å². The van der Waals surface area contributed by atoms with Crippen molar-refractivity contribution < 1.29 is 19.1 Å². The summed E-state index contributed by atoms with van der Waals surface area (Å²) in [5.41, 5.74) is -1.24. The van der Waals surface area contributed by atoms with Crippen molar-refractivity contribution in [1.82, 2.24) is 5.32 Å². The smallest absolute Gasteiger partial charge is 0.329 e. The molecule has 0 saturated heterocycles. The summed E-state index contributed by atoms with van der Waals surface area (Å²) in [4.78, 5) is 23.2. The van der Waals surface area contributed by atoms with E-state index in [0.29, 0.717) is 0 Å². The number of carbonyl (C=O) groups excluding carboxylic acids is 1. The minimum Gasteiger partial charge on any atom is -0.480 e. The zero-order valence-corrected chi connectivity index (χ0v) is 11.7. The van der Waals surface area contributed by atoms with Gasteiger partial charge in [-0.05, 0) is 31.0 Å². The average Bonchev–Trinajstić information content (AvgIpc) is 2.43. The Morgan fingerprint density at radius 1 is 1.33 bits per heavy atom. The molecule has 3 N–H and O–H groups in total. The van der Waals surface area contributed by atoms with Crippen LogP contribution in [0.2, 0.25) is 0 Å². The van der Waals surface area contributed by atoms with Gasteiger partial charge in [0.2, 0.25) is 0 Å². The van der Waals surface area contributed by atoms with Crippen LogP contribution in [0.15, 0.2) is 18.2 Å². The normalized spacial score (nSPS) is 10.6. The molecule has 0 aliphatic rings. The largest absolute Gasteiger partial charge is 0.480 e. The summed E-state index contributed by atoms with van der Waals surface area (Å²) in [6.07, 6.45) is 0.414. The lowest BCUT2D eigenvalue weighted by Gasteiger charge is -2.28. The molecule has 0 unspecified atom stereocenters. The summed E-state index contributed by atoms with van der Waals surface area (Å²) in [6.45, 7) is 3.29. The minimum atomic E-state index is -1.38. The molecule has 1 rings (SSSR count). The lowest BCUT2D eigenvalue weighted by molar-refractivity contribution is -0.144. The second kappa shape index (κ2) is 6.70. The van der Waals surface area contributed by atoms with Crippen LogP contribution in [0.5, 0.6) is 0 Å². The van der Waals surface area contributed by atoms with Crippen molar-refractivity contribution in [3.63, 3.8) is 0 Å². The molecule has 1 aromatic carbocycles. The number of nitriles is 1. The van der Waals surface area contributed by atoms with Gasteiger partial charge in [0.1, 0.15) is 11.4 Å². The van der Waals surface area contributed by atoms with E-state index in [2.05, 4.69) is 10.6 Å². The van der Waals surface area contributed by atoms with Crippen molar-refractivity contribution in [2.75, 3.05) is 5.32 Å². The van der Waals surface area contributed by atoms with Crippen molar-refractivity contribution in [2.45, 2.75) is 32.2 Å². The van der Waals surface area contributed by atoms with Gasteiger partial charge in [0.05, 0.1) is 11.6 Å². The number of rotatable bonds is 5. The van der Waals surface area contributed by atoms with Gasteiger partial charge in [-0.15, -0.1) is 0 Å². The number of carboxylic acid groups (broad SMARTS) is 1. The maximum absolute atomic E-state index is 13.2. The molecule has 21 heavy (non-hydrogen) atoms. The topological polar surface area (TPSA) is 102 Å². The Hall–Kier alpha value is -2.62. The molecule has 0 radical (unpaired) electrons. The van der Waals surface area contributed by atoms with Gasteiger partial charge >= 0.3 is 12.0 Å². The number of carboxylic acids is 1. The van der Waals surface area contributed by atoms with Crippen LogP contribution >= 0.6 is 0 Å². The number of halogens is 1. The van der Waals surface area contributed by atoms with Crippen LogP contribution < -0.4 is 10.6 Å². The fourth-order valence-corrected chi connectivity index (χ4v) is 1.89. The van der Waals surface area contributed by atoms with Crippen LogP contribution in [0.1, 0.15) is 32.3 Å². The Bertz CT molecular complexity index is 592. The Labute approximate surface area is 121 Å². The zero-order chi connectivity index (χ0) is 16.0. The molecular formula is C14H16FN3O3. The molecule has 112 valence electrons. The molecule has 0 aromatic heterocycles. The Morgan fingerprint density at radius 3 is 2.43 bits per heavy atom. The molecule has 2 amide bonds. The standard InChI is InChI=1S/C14H16FN3O3/c1-3-14(4-2,12(19)20)18-13(21)17-11-6-9(8-16)5-10(15)7-11/h5-7H,3-4H2,1-2H3,(H,19,20)(H2,17,18,21). The summed E-state index contributed by atoms with van der Waals surface area (Å²) in [5.74, 6) is -1.81. The number of hydrogen-bond donors (Lipinski definition) is 3. The highest BCUT2D eigenvalue weighted by molar-refractivity contribution is 5.94. The maximum Gasteiger partial charge on any atom is 0.329 e. The average molecular weight is 293 g/mol.